The van der Waals surface area contributed by atoms with Gasteiger partial charge in [-0.1, -0.05) is 12.1 Å². The van der Waals surface area contributed by atoms with Gasteiger partial charge in [0, 0.05) is 12.6 Å². The zero-order valence-electron chi connectivity index (χ0n) is 11.4. The largest absolute Gasteiger partial charge is 0.465 e. The Morgan fingerprint density at radius 1 is 1.35 bits per heavy atom. The van der Waals surface area contributed by atoms with Gasteiger partial charge in [-0.3, -0.25) is 0 Å². The van der Waals surface area contributed by atoms with Crippen LogP contribution in [0.15, 0.2) is 24.3 Å². The lowest BCUT2D eigenvalue weighted by atomic mass is 10.0. The number of rotatable bonds is 5. The van der Waals surface area contributed by atoms with Crippen molar-refractivity contribution in [3.8, 4) is 6.07 Å². The van der Waals surface area contributed by atoms with Gasteiger partial charge in [-0.15, -0.1) is 0 Å². The van der Waals surface area contributed by atoms with E-state index in [-0.39, 0.29) is 6.04 Å². The Kier molecular flexibility index (Phi) is 4.97. The van der Waals surface area contributed by atoms with Crippen molar-refractivity contribution in [2.75, 3.05) is 19.6 Å². The molecule has 2 rings (SSSR count). The summed E-state index contributed by atoms with van der Waals surface area (Å²) in [7, 11) is 0. The second-order valence-electron chi connectivity index (χ2n) is 5.17. The van der Waals surface area contributed by atoms with Gasteiger partial charge in [0.25, 0.3) is 0 Å². The molecule has 2 N–H and O–H groups in total. The van der Waals surface area contributed by atoms with E-state index in [1.54, 1.807) is 12.1 Å². The van der Waals surface area contributed by atoms with E-state index in [9.17, 15) is 4.79 Å². The van der Waals surface area contributed by atoms with Crippen LogP contribution in [0.1, 0.15) is 24.0 Å². The van der Waals surface area contributed by atoms with Crippen molar-refractivity contribution in [3.63, 3.8) is 0 Å². The molecular weight excluding hydrogens is 254 g/mol. The van der Waals surface area contributed by atoms with E-state index in [0.29, 0.717) is 12.0 Å². The number of hydrogen-bond acceptors (Lipinski definition) is 3. The van der Waals surface area contributed by atoms with Crippen LogP contribution in [0, 0.1) is 11.3 Å². The SMILES string of the molecule is N#Cc1ccc(C[C@H](CN2CCCC2)NC(=O)O)cc1. The fourth-order valence-corrected chi connectivity index (χ4v) is 2.61. The number of nitriles is 1. The molecular formula is C15H19N3O2. The molecule has 1 amide bonds. The van der Waals surface area contributed by atoms with E-state index >= 15 is 0 Å². The maximum Gasteiger partial charge on any atom is 0.404 e. The number of nitrogens with one attached hydrogen (secondary N) is 1. The molecule has 106 valence electrons. The smallest absolute Gasteiger partial charge is 0.404 e. The number of carbonyl (C=O) groups is 1. The highest BCUT2D eigenvalue weighted by Crippen LogP contribution is 2.11. The fraction of sp³-hybridized carbons (Fsp3) is 0.467. The molecule has 20 heavy (non-hydrogen) atoms. The Bertz CT molecular complexity index is 487. The Morgan fingerprint density at radius 2 is 2.00 bits per heavy atom. The Morgan fingerprint density at radius 3 is 2.55 bits per heavy atom. The van der Waals surface area contributed by atoms with Gasteiger partial charge in [0.2, 0.25) is 0 Å². The van der Waals surface area contributed by atoms with Gasteiger partial charge in [-0.05, 0) is 50.0 Å². The number of likely N-dealkylation sites (tertiary alicyclic amines) is 1. The van der Waals surface area contributed by atoms with Crippen LogP contribution in [0.25, 0.3) is 0 Å². The monoisotopic (exact) mass is 273 g/mol. The van der Waals surface area contributed by atoms with E-state index < -0.39 is 6.09 Å². The van der Waals surface area contributed by atoms with Crippen LogP contribution in [0.4, 0.5) is 4.79 Å². The average Bonchev–Trinajstić information content (AvgIpc) is 2.91. The van der Waals surface area contributed by atoms with Gasteiger partial charge in [-0.2, -0.15) is 5.26 Å². The van der Waals surface area contributed by atoms with E-state index in [4.69, 9.17) is 10.4 Å². The average molecular weight is 273 g/mol. The van der Waals surface area contributed by atoms with Crippen LogP contribution >= 0.6 is 0 Å². The summed E-state index contributed by atoms with van der Waals surface area (Å²) in [6.07, 6.45) is 2.05. The first-order valence-electron chi connectivity index (χ1n) is 6.88. The standard InChI is InChI=1S/C15H19N3O2/c16-10-13-5-3-12(4-6-13)9-14(17-15(19)20)11-18-7-1-2-8-18/h3-6,14,17H,1-2,7-9,11H2,(H,19,20)/t14-/m1/s1. The molecule has 0 radical (unpaired) electrons. The third-order valence-electron chi connectivity index (χ3n) is 3.57. The van der Waals surface area contributed by atoms with E-state index in [1.165, 1.54) is 12.8 Å². The first-order valence-corrected chi connectivity index (χ1v) is 6.88. The van der Waals surface area contributed by atoms with Crippen LogP contribution in [0.2, 0.25) is 0 Å². The molecule has 1 aliphatic heterocycles. The number of nitrogens with zero attached hydrogens (tertiary/aromatic N) is 2. The fourth-order valence-electron chi connectivity index (χ4n) is 2.61. The summed E-state index contributed by atoms with van der Waals surface area (Å²) in [5, 5.41) is 20.3. The van der Waals surface area contributed by atoms with E-state index in [0.717, 1.165) is 25.2 Å². The molecule has 1 saturated heterocycles. The van der Waals surface area contributed by atoms with Crippen LogP contribution in [0.5, 0.6) is 0 Å². The molecule has 1 heterocycles. The number of carboxylic acid groups (broad SMARTS) is 1. The topological polar surface area (TPSA) is 76.4 Å². The summed E-state index contributed by atoms with van der Waals surface area (Å²) in [6, 6.07) is 9.28. The van der Waals surface area contributed by atoms with Gasteiger partial charge in [-0.25, -0.2) is 4.79 Å². The van der Waals surface area contributed by atoms with Crippen LogP contribution in [0.3, 0.4) is 0 Å². The van der Waals surface area contributed by atoms with Gasteiger partial charge >= 0.3 is 6.09 Å². The molecule has 1 aromatic carbocycles. The maximum absolute atomic E-state index is 10.9. The lowest BCUT2D eigenvalue weighted by molar-refractivity contribution is 0.184. The first-order chi connectivity index (χ1) is 9.67. The van der Waals surface area contributed by atoms with Crippen molar-refractivity contribution in [1.29, 1.82) is 5.26 Å². The predicted molar refractivity (Wildman–Crippen MR) is 75.5 cm³/mol. The molecule has 5 heteroatoms. The molecule has 5 nitrogen and oxygen atoms in total. The molecule has 1 aromatic rings. The summed E-state index contributed by atoms with van der Waals surface area (Å²) < 4.78 is 0. The quantitative estimate of drug-likeness (QED) is 0.858. The number of hydrogen-bond donors (Lipinski definition) is 2. The van der Waals surface area contributed by atoms with Crippen LogP contribution in [-0.2, 0) is 6.42 Å². The van der Waals surface area contributed by atoms with Crippen molar-refractivity contribution in [3.05, 3.63) is 35.4 Å². The molecule has 0 aliphatic carbocycles. The molecule has 1 fully saturated rings. The lowest BCUT2D eigenvalue weighted by Crippen LogP contribution is -2.43. The van der Waals surface area contributed by atoms with E-state index in [1.807, 2.05) is 12.1 Å². The van der Waals surface area contributed by atoms with Crippen molar-refractivity contribution >= 4 is 6.09 Å². The summed E-state index contributed by atoms with van der Waals surface area (Å²) in [5.41, 5.74) is 1.66. The zero-order chi connectivity index (χ0) is 14.4. The predicted octanol–water partition coefficient (Wildman–Crippen LogP) is 1.83. The Balaban J connectivity index is 1.98. The molecule has 0 unspecified atom stereocenters. The van der Waals surface area contributed by atoms with E-state index in [2.05, 4.69) is 16.3 Å². The van der Waals surface area contributed by atoms with Crippen LogP contribution < -0.4 is 5.32 Å². The van der Waals surface area contributed by atoms with Crippen molar-refractivity contribution in [2.45, 2.75) is 25.3 Å². The normalized spacial score (nSPS) is 16.6. The molecule has 0 spiro atoms. The highest BCUT2D eigenvalue weighted by atomic mass is 16.4. The minimum atomic E-state index is -0.983. The minimum absolute atomic E-state index is 0.112. The van der Waals surface area contributed by atoms with Crippen molar-refractivity contribution < 1.29 is 9.90 Å². The second-order valence-corrected chi connectivity index (χ2v) is 5.17. The van der Waals surface area contributed by atoms with Crippen LogP contribution in [-0.4, -0.2) is 41.8 Å². The van der Waals surface area contributed by atoms with Crippen molar-refractivity contribution in [2.24, 2.45) is 0 Å². The molecule has 1 atom stereocenters. The summed E-state index contributed by atoms with van der Waals surface area (Å²) >= 11 is 0. The maximum atomic E-state index is 10.9. The molecule has 1 aliphatic rings. The summed E-state index contributed by atoms with van der Waals surface area (Å²) in [5.74, 6) is 0. The third-order valence-corrected chi connectivity index (χ3v) is 3.57. The van der Waals surface area contributed by atoms with Gasteiger partial charge in [0.15, 0.2) is 0 Å². The van der Waals surface area contributed by atoms with Gasteiger partial charge in [0.1, 0.15) is 0 Å². The molecule has 0 aromatic heterocycles. The zero-order valence-corrected chi connectivity index (χ0v) is 11.4. The molecule has 0 bridgehead atoms. The van der Waals surface area contributed by atoms with Gasteiger partial charge < -0.3 is 15.3 Å². The Hall–Kier alpha value is -2.06. The first kappa shape index (κ1) is 14.4. The Labute approximate surface area is 118 Å². The second kappa shape index (κ2) is 6.92. The highest BCUT2D eigenvalue weighted by molar-refractivity contribution is 5.64. The minimum Gasteiger partial charge on any atom is -0.465 e. The highest BCUT2D eigenvalue weighted by Gasteiger charge is 2.19. The lowest BCUT2D eigenvalue weighted by Gasteiger charge is -2.23. The molecule has 0 saturated carbocycles. The summed E-state index contributed by atoms with van der Waals surface area (Å²) in [6.45, 7) is 2.84. The van der Waals surface area contributed by atoms with Gasteiger partial charge in [0.05, 0.1) is 11.6 Å². The third kappa shape index (κ3) is 4.25. The van der Waals surface area contributed by atoms with Crippen molar-refractivity contribution in [1.82, 2.24) is 10.2 Å². The number of benzene rings is 1. The number of amides is 1. The summed E-state index contributed by atoms with van der Waals surface area (Å²) in [4.78, 5) is 13.2.